The highest BCUT2D eigenvalue weighted by Crippen LogP contribution is 2.14. The summed E-state index contributed by atoms with van der Waals surface area (Å²) in [5.74, 6) is 0.190. The second-order valence-corrected chi connectivity index (χ2v) is 7.60. The van der Waals surface area contributed by atoms with Crippen molar-refractivity contribution in [3.8, 4) is 0 Å². The van der Waals surface area contributed by atoms with Crippen LogP contribution in [0.15, 0.2) is 0 Å². The average Bonchev–Trinajstić information content (AvgIpc) is 2.82. The third-order valence-corrected chi connectivity index (χ3v) is 5.90. The summed E-state index contributed by atoms with van der Waals surface area (Å²) in [5.41, 5.74) is 0. The van der Waals surface area contributed by atoms with Gasteiger partial charge in [0.1, 0.15) is 0 Å². The van der Waals surface area contributed by atoms with E-state index in [0.717, 1.165) is 45.4 Å². The van der Waals surface area contributed by atoms with Gasteiger partial charge in [0.25, 0.3) is 0 Å². The van der Waals surface area contributed by atoms with Crippen LogP contribution in [0.4, 0.5) is 0 Å². The number of amides is 1. The monoisotopic (exact) mass is 303 g/mol. The van der Waals surface area contributed by atoms with Crippen LogP contribution in [0.2, 0.25) is 0 Å². The van der Waals surface area contributed by atoms with E-state index in [1.807, 2.05) is 4.90 Å². The number of hydrogen-bond donors (Lipinski definition) is 1. The van der Waals surface area contributed by atoms with Crippen molar-refractivity contribution in [3.63, 3.8) is 0 Å². The molecule has 0 bridgehead atoms. The zero-order valence-electron chi connectivity index (χ0n) is 12.0. The van der Waals surface area contributed by atoms with Crippen LogP contribution in [0.1, 0.15) is 32.1 Å². The summed E-state index contributed by atoms with van der Waals surface area (Å²) in [4.78, 5) is 13.9. The van der Waals surface area contributed by atoms with Gasteiger partial charge in [-0.25, -0.2) is 12.7 Å². The van der Waals surface area contributed by atoms with E-state index < -0.39 is 10.0 Å². The molecule has 2 aliphatic heterocycles. The zero-order valence-corrected chi connectivity index (χ0v) is 12.8. The Morgan fingerprint density at radius 3 is 2.50 bits per heavy atom. The predicted octanol–water partition coefficient (Wildman–Crippen LogP) is 0.0141. The number of carbonyl (C=O) groups excluding carboxylic acids is 1. The summed E-state index contributed by atoms with van der Waals surface area (Å²) in [6, 6.07) is 0. The van der Waals surface area contributed by atoms with E-state index in [0.29, 0.717) is 25.9 Å². The van der Waals surface area contributed by atoms with Crippen molar-refractivity contribution < 1.29 is 13.2 Å². The van der Waals surface area contributed by atoms with Gasteiger partial charge in [-0.05, 0) is 32.2 Å². The SMILES string of the molecule is O=C(CCCS(=O)(=O)N1CCCC1)N1CCCNCC1. The van der Waals surface area contributed by atoms with Crippen LogP contribution in [-0.4, -0.2) is 68.6 Å². The summed E-state index contributed by atoms with van der Waals surface area (Å²) in [5, 5.41) is 3.25. The standard InChI is InChI=1S/C13H25N3O3S/c17-13(15-8-4-6-14-7-11-15)5-3-12-20(18,19)16-9-1-2-10-16/h14H,1-12H2. The minimum atomic E-state index is -3.14. The molecule has 0 aromatic rings. The molecular weight excluding hydrogens is 278 g/mol. The predicted molar refractivity (Wildman–Crippen MR) is 77.9 cm³/mol. The summed E-state index contributed by atoms with van der Waals surface area (Å²) >= 11 is 0. The Morgan fingerprint density at radius 1 is 1.00 bits per heavy atom. The Morgan fingerprint density at radius 2 is 1.75 bits per heavy atom. The van der Waals surface area contributed by atoms with E-state index in [2.05, 4.69) is 5.32 Å². The molecule has 1 N–H and O–H groups in total. The second-order valence-electron chi connectivity index (χ2n) is 5.51. The van der Waals surface area contributed by atoms with Gasteiger partial charge in [0.15, 0.2) is 0 Å². The minimum Gasteiger partial charge on any atom is -0.341 e. The molecule has 20 heavy (non-hydrogen) atoms. The van der Waals surface area contributed by atoms with Gasteiger partial charge in [-0.1, -0.05) is 0 Å². The Bertz CT molecular complexity index is 411. The van der Waals surface area contributed by atoms with E-state index >= 15 is 0 Å². The van der Waals surface area contributed by atoms with Crippen molar-refractivity contribution in [1.82, 2.24) is 14.5 Å². The summed E-state index contributed by atoms with van der Waals surface area (Å²) in [6.07, 6.45) is 3.66. The fourth-order valence-electron chi connectivity index (χ4n) is 2.75. The van der Waals surface area contributed by atoms with Gasteiger partial charge >= 0.3 is 0 Å². The van der Waals surface area contributed by atoms with Gasteiger partial charge in [-0.2, -0.15) is 0 Å². The molecule has 2 heterocycles. The lowest BCUT2D eigenvalue weighted by molar-refractivity contribution is -0.131. The normalized spacial score (nSPS) is 21.9. The van der Waals surface area contributed by atoms with Crippen molar-refractivity contribution in [2.24, 2.45) is 0 Å². The van der Waals surface area contributed by atoms with Crippen LogP contribution in [0, 0.1) is 0 Å². The van der Waals surface area contributed by atoms with E-state index in [-0.39, 0.29) is 11.7 Å². The fraction of sp³-hybridized carbons (Fsp3) is 0.923. The Balaban J connectivity index is 1.73. The molecule has 116 valence electrons. The maximum Gasteiger partial charge on any atom is 0.222 e. The number of nitrogens with zero attached hydrogens (tertiary/aromatic N) is 2. The zero-order chi connectivity index (χ0) is 14.4. The molecule has 0 unspecified atom stereocenters. The number of sulfonamides is 1. The molecular formula is C13H25N3O3S. The number of rotatable bonds is 5. The molecule has 2 rings (SSSR count). The summed E-state index contributed by atoms with van der Waals surface area (Å²) in [7, 11) is -3.14. The number of hydrogen-bond acceptors (Lipinski definition) is 4. The highest BCUT2D eigenvalue weighted by molar-refractivity contribution is 7.89. The van der Waals surface area contributed by atoms with Crippen molar-refractivity contribution in [3.05, 3.63) is 0 Å². The Hall–Kier alpha value is -0.660. The molecule has 1 amide bonds. The van der Waals surface area contributed by atoms with E-state index in [9.17, 15) is 13.2 Å². The molecule has 0 aliphatic carbocycles. The van der Waals surface area contributed by atoms with Crippen molar-refractivity contribution >= 4 is 15.9 Å². The molecule has 0 spiro atoms. The van der Waals surface area contributed by atoms with Gasteiger partial charge in [0.05, 0.1) is 5.75 Å². The van der Waals surface area contributed by atoms with Crippen molar-refractivity contribution in [2.75, 3.05) is 45.0 Å². The smallest absolute Gasteiger partial charge is 0.222 e. The molecule has 0 atom stereocenters. The molecule has 2 fully saturated rings. The lowest BCUT2D eigenvalue weighted by Gasteiger charge is -2.20. The molecule has 0 aromatic carbocycles. The number of carbonyl (C=O) groups is 1. The second kappa shape index (κ2) is 7.38. The van der Waals surface area contributed by atoms with Crippen LogP contribution in [0.25, 0.3) is 0 Å². The van der Waals surface area contributed by atoms with Crippen molar-refractivity contribution in [2.45, 2.75) is 32.1 Å². The Kier molecular flexibility index (Phi) is 5.80. The topological polar surface area (TPSA) is 69.7 Å². The fourth-order valence-corrected chi connectivity index (χ4v) is 4.34. The molecule has 0 aromatic heterocycles. The lowest BCUT2D eigenvalue weighted by Crippen LogP contribution is -2.35. The van der Waals surface area contributed by atoms with Gasteiger partial charge in [0.2, 0.25) is 15.9 Å². The van der Waals surface area contributed by atoms with E-state index in [4.69, 9.17) is 0 Å². The molecule has 0 saturated carbocycles. The highest BCUT2D eigenvalue weighted by atomic mass is 32.2. The Labute approximate surface area is 121 Å². The van der Waals surface area contributed by atoms with Gasteiger partial charge in [0, 0.05) is 39.1 Å². The van der Waals surface area contributed by atoms with E-state index in [1.54, 1.807) is 4.31 Å². The van der Waals surface area contributed by atoms with Crippen LogP contribution < -0.4 is 5.32 Å². The number of nitrogens with one attached hydrogen (secondary N) is 1. The summed E-state index contributed by atoms with van der Waals surface area (Å²) in [6.45, 7) is 4.59. The van der Waals surface area contributed by atoms with Gasteiger partial charge in [-0.3, -0.25) is 4.79 Å². The first-order chi connectivity index (χ1) is 9.59. The first-order valence-corrected chi connectivity index (χ1v) is 9.17. The molecule has 6 nitrogen and oxygen atoms in total. The molecule has 0 radical (unpaired) electrons. The lowest BCUT2D eigenvalue weighted by atomic mass is 10.3. The minimum absolute atomic E-state index is 0.0883. The summed E-state index contributed by atoms with van der Waals surface area (Å²) < 4.78 is 25.6. The highest BCUT2D eigenvalue weighted by Gasteiger charge is 2.25. The molecule has 2 saturated heterocycles. The average molecular weight is 303 g/mol. The van der Waals surface area contributed by atoms with E-state index in [1.165, 1.54) is 0 Å². The van der Waals surface area contributed by atoms with Crippen LogP contribution in [-0.2, 0) is 14.8 Å². The third kappa shape index (κ3) is 4.43. The van der Waals surface area contributed by atoms with Crippen molar-refractivity contribution in [1.29, 1.82) is 0 Å². The van der Waals surface area contributed by atoms with Crippen LogP contribution >= 0.6 is 0 Å². The maximum atomic E-state index is 12.0. The quantitative estimate of drug-likeness (QED) is 0.777. The third-order valence-electron chi connectivity index (χ3n) is 3.94. The van der Waals surface area contributed by atoms with Crippen LogP contribution in [0.3, 0.4) is 0 Å². The largest absolute Gasteiger partial charge is 0.341 e. The first kappa shape index (κ1) is 15.7. The molecule has 2 aliphatic rings. The maximum absolute atomic E-state index is 12.0. The first-order valence-electron chi connectivity index (χ1n) is 7.56. The van der Waals surface area contributed by atoms with Gasteiger partial charge in [-0.15, -0.1) is 0 Å². The van der Waals surface area contributed by atoms with Crippen LogP contribution in [0.5, 0.6) is 0 Å². The molecule has 7 heteroatoms. The van der Waals surface area contributed by atoms with Gasteiger partial charge < -0.3 is 10.2 Å².